The van der Waals surface area contributed by atoms with Crippen molar-refractivity contribution in [3.05, 3.63) is 0 Å². The van der Waals surface area contributed by atoms with Crippen molar-refractivity contribution < 1.29 is 14.6 Å². The van der Waals surface area contributed by atoms with Gasteiger partial charge in [-0.2, -0.15) is 5.26 Å². The van der Waals surface area contributed by atoms with Gasteiger partial charge in [0.2, 0.25) is 5.91 Å². The molecule has 2 aliphatic rings. The number of hydrogen-bond donors (Lipinski definition) is 2. The fourth-order valence-electron chi connectivity index (χ4n) is 2.48. The van der Waals surface area contributed by atoms with E-state index in [0.29, 0.717) is 32.6 Å². The summed E-state index contributed by atoms with van der Waals surface area (Å²) in [7, 11) is 0. The number of carbonyl (C=O) groups is 1. The summed E-state index contributed by atoms with van der Waals surface area (Å²) >= 11 is 0. The van der Waals surface area contributed by atoms with E-state index in [-0.39, 0.29) is 17.9 Å². The SMILES string of the molecule is N#CC1(C(=O)NCC2(CCO)CC2)CCOCC1. The minimum absolute atomic E-state index is 0.0895. The predicted molar refractivity (Wildman–Crippen MR) is 64.5 cm³/mol. The second-order valence-electron chi connectivity index (χ2n) is 5.46. The lowest BCUT2D eigenvalue weighted by Crippen LogP contribution is -2.45. The lowest BCUT2D eigenvalue weighted by atomic mass is 9.80. The van der Waals surface area contributed by atoms with Gasteiger partial charge in [0.15, 0.2) is 0 Å². The van der Waals surface area contributed by atoms with Crippen molar-refractivity contribution in [3.8, 4) is 6.07 Å². The molecule has 100 valence electrons. The summed E-state index contributed by atoms with van der Waals surface area (Å²) < 4.78 is 5.21. The topological polar surface area (TPSA) is 82.4 Å². The molecule has 1 heterocycles. The van der Waals surface area contributed by atoms with Gasteiger partial charge in [0.05, 0.1) is 6.07 Å². The first kappa shape index (κ1) is 13.3. The molecule has 0 spiro atoms. The Bertz CT molecular complexity index is 352. The van der Waals surface area contributed by atoms with E-state index in [4.69, 9.17) is 9.84 Å². The highest BCUT2D eigenvalue weighted by atomic mass is 16.5. The van der Waals surface area contributed by atoms with Crippen molar-refractivity contribution in [2.75, 3.05) is 26.4 Å². The van der Waals surface area contributed by atoms with E-state index in [1.807, 2.05) is 0 Å². The third-order valence-corrected chi connectivity index (χ3v) is 4.22. The van der Waals surface area contributed by atoms with Gasteiger partial charge in [-0.05, 0) is 37.5 Å². The summed E-state index contributed by atoms with van der Waals surface area (Å²) in [6, 6.07) is 2.16. The molecule has 0 aromatic heterocycles. The average Bonchev–Trinajstić information content (AvgIpc) is 3.17. The van der Waals surface area contributed by atoms with Crippen LogP contribution >= 0.6 is 0 Å². The van der Waals surface area contributed by atoms with Crippen molar-refractivity contribution >= 4 is 5.91 Å². The van der Waals surface area contributed by atoms with Crippen LogP contribution in [0.5, 0.6) is 0 Å². The van der Waals surface area contributed by atoms with Crippen molar-refractivity contribution in [2.24, 2.45) is 10.8 Å². The molecular weight excluding hydrogens is 232 g/mol. The Morgan fingerprint density at radius 3 is 2.50 bits per heavy atom. The summed E-state index contributed by atoms with van der Waals surface area (Å²) in [6.07, 6.45) is 3.79. The largest absolute Gasteiger partial charge is 0.396 e. The van der Waals surface area contributed by atoms with Crippen LogP contribution in [0.3, 0.4) is 0 Å². The van der Waals surface area contributed by atoms with Gasteiger partial charge in [0, 0.05) is 26.4 Å². The molecule has 0 radical (unpaired) electrons. The number of hydrogen-bond acceptors (Lipinski definition) is 4. The van der Waals surface area contributed by atoms with Crippen LogP contribution in [0.1, 0.15) is 32.1 Å². The minimum atomic E-state index is -0.909. The van der Waals surface area contributed by atoms with Gasteiger partial charge >= 0.3 is 0 Å². The molecule has 0 aromatic carbocycles. The molecule has 2 rings (SSSR count). The first-order valence-corrected chi connectivity index (χ1v) is 6.55. The van der Waals surface area contributed by atoms with E-state index >= 15 is 0 Å². The van der Waals surface area contributed by atoms with Crippen molar-refractivity contribution in [2.45, 2.75) is 32.1 Å². The third-order valence-electron chi connectivity index (χ3n) is 4.22. The second-order valence-corrected chi connectivity index (χ2v) is 5.46. The van der Waals surface area contributed by atoms with E-state index in [0.717, 1.165) is 19.3 Å². The summed E-state index contributed by atoms with van der Waals surface area (Å²) in [5, 5.41) is 21.1. The summed E-state index contributed by atoms with van der Waals surface area (Å²) in [6.45, 7) is 1.69. The van der Waals surface area contributed by atoms with Crippen LogP contribution in [0.15, 0.2) is 0 Å². The Morgan fingerprint density at radius 2 is 2.00 bits per heavy atom. The second kappa shape index (κ2) is 5.25. The van der Waals surface area contributed by atoms with E-state index in [2.05, 4.69) is 11.4 Å². The first-order chi connectivity index (χ1) is 8.66. The van der Waals surface area contributed by atoms with Crippen LogP contribution in [-0.4, -0.2) is 37.4 Å². The molecule has 5 heteroatoms. The van der Waals surface area contributed by atoms with Gasteiger partial charge < -0.3 is 15.2 Å². The number of carbonyl (C=O) groups excluding carboxylic acids is 1. The van der Waals surface area contributed by atoms with E-state index in [1.165, 1.54) is 0 Å². The molecule has 18 heavy (non-hydrogen) atoms. The number of aliphatic hydroxyl groups excluding tert-OH is 1. The molecule has 1 saturated carbocycles. The van der Waals surface area contributed by atoms with Crippen LogP contribution in [-0.2, 0) is 9.53 Å². The highest BCUT2D eigenvalue weighted by Crippen LogP contribution is 2.48. The van der Waals surface area contributed by atoms with Crippen molar-refractivity contribution in [3.63, 3.8) is 0 Å². The molecule has 1 amide bonds. The van der Waals surface area contributed by atoms with Gasteiger partial charge in [-0.1, -0.05) is 0 Å². The van der Waals surface area contributed by atoms with Crippen LogP contribution in [0.25, 0.3) is 0 Å². The zero-order chi connectivity index (χ0) is 13.1. The molecule has 1 aliphatic heterocycles. The molecule has 0 atom stereocenters. The Kier molecular flexibility index (Phi) is 3.88. The Morgan fingerprint density at radius 1 is 1.33 bits per heavy atom. The van der Waals surface area contributed by atoms with Crippen molar-refractivity contribution in [1.29, 1.82) is 5.26 Å². The van der Waals surface area contributed by atoms with E-state index in [1.54, 1.807) is 0 Å². The fraction of sp³-hybridized carbons (Fsp3) is 0.846. The van der Waals surface area contributed by atoms with Gasteiger partial charge in [0.1, 0.15) is 5.41 Å². The monoisotopic (exact) mass is 252 g/mol. The molecule has 5 nitrogen and oxygen atoms in total. The highest BCUT2D eigenvalue weighted by molar-refractivity contribution is 5.85. The number of nitrogens with one attached hydrogen (secondary N) is 1. The number of nitrogens with zero attached hydrogens (tertiary/aromatic N) is 1. The molecular formula is C13H20N2O3. The third kappa shape index (κ3) is 2.65. The maximum Gasteiger partial charge on any atom is 0.240 e. The number of aliphatic hydroxyl groups is 1. The molecule has 2 fully saturated rings. The number of amides is 1. The summed E-state index contributed by atoms with van der Waals surface area (Å²) in [4.78, 5) is 12.2. The quantitative estimate of drug-likeness (QED) is 0.750. The molecule has 1 saturated heterocycles. The Balaban J connectivity index is 1.89. The Labute approximate surface area is 107 Å². The maximum atomic E-state index is 12.2. The van der Waals surface area contributed by atoms with Crippen LogP contribution < -0.4 is 5.32 Å². The number of ether oxygens (including phenoxy) is 1. The zero-order valence-electron chi connectivity index (χ0n) is 10.6. The molecule has 0 aromatic rings. The molecule has 0 unspecified atom stereocenters. The Hall–Kier alpha value is -1.12. The average molecular weight is 252 g/mol. The van der Waals surface area contributed by atoms with Crippen molar-refractivity contribution in [1.82, 2.24) is 5.32 Å². The normalized spacial score (nSPS) is 24.0. The van der Waals surface area contributed by atoms with Gasteiger partial charge in [-0.15, -0.1) is 0 Å². The van der Waals surface area contributed by atoms with Crippen LogP contribution in [0.4, 0.5) is 0 Å². The summed E-state index contributed by atoms with van der Waals surface area (Å²) in [5.74, 6) is -0.169. The maximum absolute atomic E-state index is 12.2. The summed E-state index contributed by atoms with van der Waals surface area (Å²) in [5.41, 5.74) is -0.820. The molecule has 2 N–H and O–H groups in total. The van der Waals surface area contributed by atoms with Crippen LogP contribution in [0.2, 0.25) is 0 Å². The smallest absolute Gasteiger partial charge is 0.240 e. The lowest BCUT2D eigenvalue weighted by Gasteiger charge is -2.30. The number of rotatable bonds is 5. The predicted octanol–water partition coefficient (Wildman–Crippen LogP) is 0.586. The lowest BCUT2D eigenvalue weighted by molar-refractivity contribution is -0.132. The van der Waals surface area contributed by atoms with E-state index < -0.39 is 5.41 Å². The minimum Gasteiger partial charge on any atom is -0.396 e. The van der Waals surface area contributed by atoms with Gasteiger partial charge in [-0.3, -0.25) is 4.79 Å². The fourth-order valence-corrected chi connectivity index (χ4v) is 2.48. The standard InChI is InChI=1S/C13H20N2O3/c14-9-13(4-7-18-8-5-13)11(17)15-10-12(1-2-12)3-6-16/h16H,1-8,10H2,(H,15,17). The van der Waals surface area contributed by atoms with Gasteiger partial charge in [0.25, 0.3) is 0 Å². The van der Waals surface area contributed by atoms with Crippen LogP contribution in [0, 0.1) is 22.2 Å². The van der Waals surface area contributed by atoms with E-state index in [9.17, 15) is 10.1 Å². The molecule has 0 bridgehead atoms. The molecule has 1 aliphatic carbocycles. The van der Waals surface area contributed by atoms with Gasteiger partial charge in [-0.25, -0.2) is 0 Å². The first-order valence-electron chi connectivity index (χ1n) is 6.55. The number of nitriles is 1. The highest BCUT2D eigenvalue weighted by Gasteiger charge is 2.45. The zero-order valence-corrected chi connectivity index (χ0v) is 10.6.